The molecule has 29 heavy (non-hydrogen) atoms. The Balaban J connectivity index is 2.16. The number of ether oxygens (including phenoxy) is 1. The number of hydrogen-bond donors (Lipinski definition) is 1. The maximum Gasteiger partial charge on any atom is 0.264 e. The molecule has 6 nitrogen and oxygen atoms in total. The Morgan fingerprint density at radius 2 is 1.83 bits per heavy atom. The molecule has 0 radical (unpaired) electrons. The van der Waals surface area contributed by atoms with Crippen LogP contribution in [0.5, 0.6) is 5.75 Å². The van der Waals surface area contributed by atoms with Gasteiger partial charge >= 0.3 is 0 Å². The van der Waals surface area contributed by atoms with Gasteiger partial charge in [0, 0.05) is 18.7 Å². The molecule has 0 aliphatic rings. The number of benzene rings is 2. The van der Waals surface area contributed by atoms with Crippen LogP contribution in [0.1, 0.15) is 49.9 Å². The molecule has 158 valence electrons. The lowest BCUT2D eigenvalue weighted by molar-refractivity contribution is 0.0937. The number of rotatable bonds is 10. The Morgan fingerprint density at radius 1 is 1.14 bits per heavy atom. The number of sulfonamides is 1. The van der Waals surface area contributed by atoms with Gasteiger partial charge in [0.15, 0.2) is 0 Å². The summed E-state index contributed by atoms with van der Waals surface area (Å²) >= 11 is 0. The fourth-order valence-electron chi connectivity index (χ4n) is 2.97. The molecule has 0 saturated heterocycles. The zero-order valence-electron chi connectivity index (χ0n) is 17.5. The number of anilines is 1. The first-order chi connectivity index (χ1) is 13.8. The van der Waals surface area contributed by atoms with Gasteiger partial charge in [-0.3, -0.25) is 9.10 Å². The average molecular weight is 419 g/mol. The molecule has 2 aromatic carbocycles. The second-order valence-electron chi connectivity index (χ2n) is 7.07. The van der Waals surface area contributed by atoms with E-state index in [9.17, 15) is 13.2 Å². The Labute approximate surface area is 173 Å². The lowest BCUT2D eigenvalue weighted by Crippen LogP contribution is -2.33. The summed E-state index contributed by atoms with van der Waals surface area (Å²) in [6.45, 7) is 4.10. The second kappa shape index (κ2) is 10.3. The van der Waals surface area contributed by atoms with E-state index in [1.165, 1.54) is 23.5 Å². The second-order valence-corrected chi connectivity index (χ2v) is 9.04. The molecule has 2 aromatic rings. The number of hydrogen-bond acceptors (Lipinski definition) is 4. The molecule has 0 saturated carbocycles. The van der Waals surface area contributed by atoms with Gasteiger partial charge in [0.1, 0.15) is 5.75 Å². The molecule has 0 spiro atoms. The van der Waals surface area contributed by atoms with Crippen LogP contribution in [-0.4, -0.2) is 34.5 Å². The fourth-order valence-corrected chi connectivity index (χ4v) is 4.21. The number of nitrogens with zero attached hydrogens (tertiary/aromatic N) is 1. The minimum atomic E-state index is -3.80. The zero-order valence-corrected chi connectivity index (χ0v) is 18.3. The van der Waals surface area contributed by atoms with Crippen LogP contribution in [0.3, 0.4) is 0 Å². The van der Waals surface area contributed by atoms with Crippen LogP contribution >= 0.6 is 0 Å². The van der Waals surface area contributed by atoms with Crippen molar-refractivity contribution in [1.29, 1.82) is 0 Å². The third-order valence-electron chi connectivity index (χ3n) is 4.81. The molecular formula is C22H30N2O4S. The molecule has 1 N–H and O–H groups in total. The molecule has 0 aliphatic heterocycles. The Bertz CT molecular complexity index is 911. The molecular weight excluding hydrogens is 388 g/mol. The molecule has 1 atom stereocenters. The van der Waals surface area contributed by atoms with E-state index in [4.69, 9.17) is 4.74 Å². The standard InChI is InChI=1S/C22H30N2O4S/c1-5-6-7-9-17(2)23-22(25)18-10-8-11-21(16-18)29(26,27)24(3)19-12-14-20(28-4)15-13-19/h8,10-17H,5-7,9H2,1-4H3,(H,23,25)/t17-/m1/s1. The highest BCUT2D eigenvalue weighted by Gasteiger charge is 2.22. The smallest absolute Gasteiger partial charge is 0.264 e. The topological polar surface area (TPSA) is 75.7 Å². The summed E-state index contributed by atoms with van der Waals surface area (Å²) < 4.78 is 32.3. The molecule has 0 aromatic heterocycles. The molecule has 0 aliphatic carbocycles. The van der Waals surface area contributed by atoms with Crippen molar-refractivity contribution in [2.24, 2.45) is 0 Å². The van der Waals surface area contributed by atoms with Crippen molar-refractivity contribution in [3.05, 3.63) is 54.1 Å². The highest BCUT2D eigenvalue weighted by molar-refractivity contribution is 7.92. The summed E-state index contributed by atoms with van der Waals surface area (Å²) in [5.74, 6) is 0.379. The van der Waals surface area contributed by atoms with Gasteiger partial charge in [-0.05, 0) is 55.8 Å². The van der Waals surface area contributed by atoms with Crippen molar-refractivity contribution in [2.45, 2.75) is 50.5 Å². The molecule has 0 bridgehead atoms. The van der Waals surface area contributed by atoms with Crippen molar-refractivity contribution in [1.82, 2.24) is 5.32 Å². The predicted molar refractivity (Wildman–Crippen MR) is 116 cm³/mol. The number of amides is 1. The van der Waals surface area contributed by atoms with Crippen molar-refractivity contribution in [2.75, 3.05) is 18.5 Å². The molecule has 2 rings (SSSR count). The quantitative estimate of drug-likeness (QED) is 0.586. The predicted octanol–water partition coefficient (Wildman–Crippen LogP) is 4.22. The normalized spacial score (nSPS) is 12.3. The first-order valence-corrected chi connectivity index (χ1v) is 11.3. The molecule has 0 fully saturated rings. The van der Waals surface area contributed by atoms with E-state index in [2.05, 4.69) is 12.2 Å². The Morgan fingerprint density at radius 3 is 2.45 bits per heavy atom. The lowest BCUT2D eigenvalue weighted by atomic mass is 10.1. The van der Waals surface area contributed by atoms with Gasteiger partial charge in [-0.2, -0.15) is 0 Å². The summed E-state index contributed by atoms with van der Waals surface area (Å²) in [6, 6.07) is 12.9. The van der Waals surface area contributed by atoms with Gasteiger partial charge in [0.25, 0.3) is 15.9 Å². The van der Waals surface area contributed by atoms with Crippen LogP contribution in [0.15, 0.2) is 53.4 Å². The van der Waals surface area contributed by atoms with E-state index in [0.717, 1.165) is 25.7 Å². The summed E-state index contributed by atoms with van der Waals surface area (Å²) in [5.41, 5.74) is 0.835. The fraction of sp³-hybridized carbons (Fsp3) is 0.409. The van der Waals surface area contributed by atoms with E-state index in [0.29, 0.717) is 17.0 Å². The van der Waals surface area contributed by atoms with E-state index < -0.39 is 10.0 Å². The first-order valence-electron chi connectivity index (χ1n) is 9.83. The van der Waals surface area contributed by atoms with Gasteiger partial charge in [-0.15, -0.1) is 0 Å². The average Bonchev–Trinajstić information content (AvgIpc) is 2.73. The van der Waals surface area contributed by atoms with Crippen LogP contribution < -0.4 is 14.4 Å². The van der Waals surface area contributed by atoms with Crippen molar-refractivity contribution in [3.63, 3.8) is 0 Å². The number of carbonyl (C=O) groups is 1. The maximum absolute atomic E-state index is 13.0. The van der Waals surface area contributed by atoms with Crippen LogP contribution in [0, 0.1) is 0 Å². The van der Waals surface area contributed by atoms with E-state index >= 15 is 0 Å². The third-order valence-corrected chi connectivity index (χ3v) is 6.59. The highest BCUT2D eigenvalue weighted by atomic mass is 32.2. The minimum Gasteiger partial charge on any atom is -0.497 e. The molecule has 0 unspecified atom stereocenters. The van der Waals surface area contributed by atoms with Crippen LogP contribution in [0.25, 0.3) is 0 Å². The number of carbonyl (C=O) groups excluding carboxylic acids is 1. The van der Waals surface area contributed by atoms with Gasteiger partial charge in [-0.25, -0.2) is 8.42 Å². The number of nitrogens with one attached hydrogen (secondary N) is 1. The Hall–Kier alpha value is -2.54. The summed E-state index contributed by atoms with van der Waals surface area (Å²) in [5, 5.41) is 2.95. The minimum absolute atomic E-state index is 0.0382. The van der Waals surface area contributed by atoms with Gasteiger partial charge in [0.2, 0.25) is 0 Å². The highest BCUT2D eigenvalue weighted by Crippen LogP contribution is 2.24. The lowest BCUT2D eigenvalue weighted by Gasteiger charge is -2.20. The van der Waals surface area contributed by atoms with Crippen molar-refractivity contribution >= 4 is 21.6 Å². The van der Waals surface area contributed by atoms with Crippen LogP contribution in [0.4, 0.5) is 5.69 Å². The largest absolute Gasteiger partial charge is 0.497 e. The van der Waals surface area contributed by atoms with Gasteiger partial charge < -0.3 is 10.1 Å². The monoisotopic (exact) mass is 418 g/mol. The Kier molecular flexibility index (Phi) is 8.08. The van der Waals surface area contributed by atoms with Gasteiger partial charge in [-0.1, -0.05) is 32.3 Å². The molecule has 0 heterocycles. The molecule has 7 heteroatoms. The van der Waals surface area contributed by atoms with E-state index in [-0.39, 0.29) is 16.8 Å². The zero-order chi connectivity index (χ0) is 21.4. The van der Waals surface area contributed by atoms with Crippen LogP contribution in [0.2, 0.25) is 0 Å². The SMILES string of the molecule is CCCCC[C@@H](C)NC(=O)c1cccc(S(=O)(=O)N(C)c2ccc(OC)cc2)c1. The van der Waals surface area contributed by atoms with E-state index in [1.807, 2.05) is 6.92 Å². The molecule has 1 amide bonds. The number of unbranched alkanes of at least 4 members (excludes halogenated alkanes) is 2. The summed E-state index contributed by atoms with van der Waals surface area (Å²) in [6.07, 6.45) is 4.21. The van der Waals surface area contributed by atoms with E-state index in [1.54, 1.807) is 43.5 Å². The third kappa shape index (κ3) is 5.97. The van der Waals surface area contributed by atoms with Crippen molar-refractivity contribution in [3.8, 4) is 5.75 Å². The van der Waals surface area contributed by atoms with Crippen molar-refractivity contribution < 1.29 is 17.9 Å². The van der Waals surface area contributed by atoms with Gasteiger partial charge in [0.05, 0.1) is 17.7 Å². The number of methoxy groups -OCH3 is 1. The first kappa shape index (κ1) is 22.7. The maximum atomic E-state index is 13.0. The summed E-state index contributed by atoms with van der Waals surface area (Å²) in [7, 11) is -0.763. The van der Waals surface area contributed by atoms with Crippen LogP contribution in [-0.2, 0) is 10.0 Å². The summed E-state index contributed by atoms with van der Waals surface area (Å²) in [4.78, 5) is 12.6.